The van der Waals surface area contributed by atoms with Crippen LogP contribution in [0, 0.1) is 0 Å². The van der Waals surface area contributed by atoms with Crippen molar-refractivity contribution in [2.24, 2.45) is 5.73 Å². The van der Waals surface area contributed by atoms with Crippen LogP contribution in [0.25, 0.3) is 21.8 Å². The van der Waals surface area contributed by atoms with Crippen molar-refractivity contribution in [3.63, 3.8) is 0 Å². The van der Waals surface area contributed by atoms with E-state index in [4.69, 9.17) is 5.73 Å². The van der Waals surface area contributed by atoms with Gasteiger partial charge in [0.1, 0.15) is 6.10 Å². The van der Waals surface area contributed by atoms with Crippen LogP contribution in [0.5, 0.6) is 0 Å². The number of fused-ring (bicyclic) bond motifs is 3. The van der Waals surface area contributed by atoms with Crippen LogP contribution in [0.1, 0.15) is 11.7 Å². The standard InChI is InChI=1S/C15H16N2O2/c16-8-14(18)15(19)9-5-6-13-11(7-9)10-3-1-2-4-12(10)17-13/h1-7,14-15,17-19H,8,16H2. The Bertz CT molecular complexity index is 720. The number of H-pyrrole nitrogens is 1. The molecule has 0 saturated carbocycles. The summed E-state index contributed by atoms with van der Waals surface area (Å²) in [7, 11) is 0. The van der Waals surface area contributed by atoms with Crippen LogP contribution in [-0.4, -0.2) is 27.8 Å². The van der Waals surface area contributed by atoms with E-state index in [1.54, 1.807) is 6.07 Å². The smallest absolute Gasteiger partial charge is 0.106 e. The summed E-state index contributed by atoms with van der Waals surface area (Å²) >= 11 is 0. The fraction of sp³-hybridized carbons (Fsp3) is 0.200. The molecule has 2 unspecified atom stereocenters. The third-order valence-electron chi connectivity index (χ3n) is 3.48. The lowest BCUT2D eigenvalue weighted by molar-refractivity contribution is 0.0244. The summed E-state index contributed by atoms with van der Waals surface area (Å²) in [6.45, 7) is 0.0348. The third-order valence-corrected chi connectivity index (χ3v) is 3.48. The molecule has 0 saturated heterocycles. The SMILES string of the molecule is NCC(O)C(O)c1ccc2[nH]c3ccccc3c2c1. The third kappa shape index (κ3) is 2.00. The van der Waals surface area contributed by atoms with Crippen molar-refractivity contribution in [2.45, 2.75) is 12.2 Å². The lowest BCUT2D eigenvalue weighted by Crippen LogP contribution is -2.27. The molecule has 1 heterocycles. The van der Waals surface area contributed by atoms with Gasteiger partial charge in [0.2, 0.25) is 0 Å². The molecule has 3 rings (SSSR count). The highest BCUT2D eigenvalue weighted by Gasteiger charge is 2.17. The molecule has 0 spiro atoms. The minimum Gasteiger partial charge on any atom is -0.389 e. The first kappa shape index (κ1) is 12.2. The molecule has 5 N–H and O–H groups in total. The van der Waals surface area contributed by atoms with E-state index in [0.29, 0.717) is 5.56 Å². The topological polar surface area (TPSA) is 82.3 Å². The fourth-order valence-electron chi connectivity index (χ4n) is 2.40. The Morgan fingerprint density at radius 1 is 1.00 bits per heavy atom. The summed E-state index contributed by atoms with van der Waals surface area (Å²) in [5.41, 5.74) is 8.13. The first-order valence-corrected chi connectivity index (χ1v) is 6.27. The number of hydrogen-bond donors (Lipinski definition) is 4. The van der Waals surface area contributed by atoms with E-state index in [2.05, 4.69) is 4.98 Å². The Labute approximate surface area is 110 Å². The molecule has 0 bridgehead atoms. The van der Waals surface area contributed by atoms with Gasteiger partial charge in [0, 0.05) is 28.4 Å². The van der Waals surface area contributed by atoms with Gasteiger partial charge in [-0.3, -0.25) is 0 Å². The molecule has 19 heavy (non-hydrogen) atoms. The average molecular weight is 256 g/mol. The molecule has 1 aromatic heterocycles. The van der Waals surface area contributed by atoms with Crippen LogP contribution in [-0.2, 0) is 0 Å². The number of aliphatic hydroxyl groups is 2. The molecule has 0 amide bonds. The quantitative estimate of drug-likeness (QED) is 0.575. The van der Waals surface area contributed by atoms with Gasteiger partial charge in [0.25, 0.3) is 0 Å². The van der Waals surface area contributed by atoms with Crippen molar-refractivity contribution < 1.29 is 10.2 Å². The molecule has 0 aliphatic carbocycles. The van der Waals surface area contributed by atoms with Gasteiger partial charge >= 0.3 is 0 Å². The minimum absolute atomic E-state index is 0.0348. The number of para-hydroxylation sites is 1. The van der Waals surface area contributed by atoms with Crippen molar-refractivity contribution in [3.05, 3.63) is 48.0 Å². The zero-order valence-corrected chi connectivity index (χ0v) is 10.4. The second-order valence-electron chi connectivity index (χ2n) is 4.72. The predicted molar refractivity (Wildman–Crippen MR) is 75.8 cm³/mol. The van der Waals surface area contributed by atoms with E-state index in [1.807, 2.05) is 36.4 Å². The summed E-state index contributed by atoms with van der Waals surface area (Å²) in [6, 6.07) is 13.6. The Hall–Kier alpha value is -1.88. The van der Waals surface area contributed by atoms with Crippen molar-refractivity contribution in [2.75, 3.05) is 6.54 Å². The van der Waals surface area contributed by atoms with Crippen LogP contribution in [0.3, 0.4) is 0 Å². The number of aromatic nitrogens is 1. The van der Waals surface area contributed by atoms with Crippen LogP contribution >= 0.6 is 0 Å². The zero-order valence-electron chi connectivity index (χ0n) is 10.4. The first-order chi connectivity index (χ1) is 9.20. The highest BCUT2D eigenvalue weighted by molar-refractivity contribution is 6.07. The Morgan fingerprint density at radius 2 is 1.74 bits per heavy atom. The van der Waals surface area contributed by atoms with Gasteiger partial charge in [-0.2, -0.15) is 0 Å². The minimum atomic E-state index is -0.955. The number of aromatic amines is 1. The average Bonchev–Trinajstić information content (AvgIpc) is 2.83. The van der Waals surface area contributed by atoms with E-state index < -0.39 is 12.2 Å². The summed E-state index contributed by atoms with van der Waals surface area (Å²) < 4.78 is 0. The number of rotatable bonds is 3. The molecule has 0 radical (unpaired) electrons. The van der Waals surface area contributed by atoms with Crippen molar-refractivity contribution >= 4 is 21.8 Å². The van der Waals surface area contributed by atoms with Crippen LogP contribution in [0.4, 0.5) is 0 Å². The van der Waals surface area contributed by atoms with E-state index in [0.717, 1.165) is 21.8 Å². The zero-order chi connectivity index (χ0) is 13.4. The van der Waals surface area contributed by atoms with Crippen LogP contribution in [0.2, 0.25) is 0 Å². The Morgan fingerprint density at radius 3 is 2.53 bits per heavy atom. The first-order valence-electron chi connectivity index (χ1n) is 6.27. The lowest BCUT2D eigenvalue weighted by Gasteiger charge is -2.16. The molecule has 4 nitrogen and oxygen atoms in total. The summed E-state index contributed by atoms with van der Waals surface area (Å²) in [5, 5.41) is 21.8. The van der Waals surface area contributed by atoms with Gasteiger partial charge in [-0.05, 0) is 23.8 Å². The Kier molecular flexibility index (Phi) is 2.98. The van der Waals surface area contributed by atoms with E-state index in [-0.39, 0.29) is 6.54 Å². The van der Waals surface area contributed by atoms with Gasteiger partial charge in [0.15, 0.2) is 0 Å². The number of nitrogens with one attached hydrogen (secondary N) is 1. The predicted octanol–water partition coefficient (Wildman–Crippen LogP) is 1.67. The van der Waals surface area contributed by atoms with Crippen LogP contribution < -0.4 is 5.73 Å². The number of nitrogens with two attached hydrogens (primary N) is 1. The monoisotopic (exact) mass is 256 g/mol. The number of hydrogen-bond acceptors (Lipinski definition) is 3. The fourth-order valence-corrected chi connectivity index (χ4v) is 2.40. The second kappa shape index (κ2) is 4.66. The summed E-state index contributed by atoms with van der Waals surface area (Å²) in [6.07, 6.45) is -1.90. The van der Waals surface area contributed by atoms with E-state index >= 15 is 0 Å². The van der Waals surface area contributed by atoms with Gasteiger partial charge in [-0.15, -0.1) is 0 Å². The molecular weight excluding hydrogens is 240 g/mol. The van der Waals surface area contributed by atoms with E-state index in [9.17, 15) is 10.2 Å². The van der Waals surface area contributed by atoms with Gasteiger partial charge in [-0.25, -0.2) is 0 Å². The molecule has 4 heteroatoms. The molecule has 0 aliphatic heterocycles. The number of benzene rings is 2. The molecule has 3 aromatic rings. The largest absolute Gasteiger partial charge is 0.389 e. The van der Waals surface area contributed by atoms with Crippen LogP contribution in [0.15, 0.2) is 42.5 Å². The molecule has 0 fully saturated rings. The maximum Gasteiger partial charge on any atom is 0.106 e. The van der Waals surface area contributed by atoms with Crippen molar-refractivity contribution in [3.8, 4) is 0 Å². The molecular formula is C15H16N2O2. The maximum absolute atomic E-state index is 10.0. The molecule has 98 valence electrons. The van der Waals surface area contributed by atoms with Crippen molar-refractivity contribution in [1.82, 2.24) is 4.98 Å². The normalized spacial score (nSPS) is 14.9. The molecule has 0 aliphatic rings. The highest BCUT2D eigenvalue weighted by Crippen LogP contribution is 2.28. The lowest BCUT2D eigenvalue weighted by atomic mass is 10.0. The van der Waals surface area contributed by atoms with Gasteiger partial charge in [-0.1, -0.05) is 24.3 Å². The maximum atomic E-state index is 10.0. The highest BCUT2D eigenvalue weighted by atomic mass is 16.3. The van der Waals surface area contributed by atoms with Crippen molar-refractivity contribution in [1.29, 1.82) is 0 Å². The van der Waals surface area contributed by atoms with E-state index in [1.165, 1.54) is 0 Å². The Balaban J connectivity index is 2.16. The number of aliphatic hydroxyl groups excluding tert-OH is 2. The molecule has 2 atom stereocenters. The van der Waals surface area contributed by atoms with Gasteiger partial charge in [0.05, 0.1) is 6.10 Å². The van der Waals surface area contributed by atoms with Gasteiger partial charge < -0.3 is 20.9 Å². The summed E-state index contributed by atoms with van der Waals surface area (Å²) in [5.74, 6) is 0. The summed E-state index contributed by atoms with van der Waals surface area (Å²) in [4.78, 5) is 3.32. The second-order valence-corrected chi connectivity index (χ2v) is 4.72. The molecule has 2 aromatic carbocycles.